The Balaban J connectivity index is 0.000000989. The highest BCUT2D eigenvalue weighted by Gasteiger charge is 2.10. The van der Waals surface area contributed by atoms with E-state index in [-0.39, 0.29) is 6.61 Å². The Hall–Kier alpha value is -2.88. The van der Waals surface area contributed by atoms with E-state index in [1.54, 1.807) is 25.4 Å². The number of nitrogens with zero attached hydrogens (tertiary/aromatic N) is 3. The zero-order chi connectivity index (χ0) is 21.6. The minimum atomic E-state index is -0.644. The van der Waals surface area contributed by atoms with Crippen LogP contribution in [-0.4, -0.2) is 31.5 Å². The van der Waals surface area contributed by atoms with Crippen molar-refractivity contribution in [2.45, 2.75) is 53.7 Å². The largest absolute Gasteiger partial charge is 0.396 e. The molecule has 0 aliphatic rings. The van der Waals surface area contributed by atoms with Gasteiger partial charge in [0.2, 0.25) is 5.76 Å². The van der Waals surface area contributed by atoms with Gasteiger partial charge in [0.1, 0.15) is 17.6 Å². The highest BCUT2D eigenvalue weighted by Crippen LogP contribution is 2.12. The van der Waals surface area contributed by atoms with Crippen LogP contribution >= 0.6 is 0 Å². The summed E-state index contributed by atoms with van der Waals surface area (Å²) < 4.78 is 7.06. The van der Waals surface area contributed by atoms with Gasteiger partial charge in [0, 0.05) is 30.6 Å². The van der Waals surface area contributed by atoms with E-state index in [0.29, 0.717) is 30.2 Å². The lowest BCUT2D eigenvalue weighted by atomic mass is 10.1. The van der Waals surface area contributed by atoms with E-state index >= 15 is 0 Å². The fourth-order valence-electron chi connectivity index (χ4n) is 2.46. The van der Waals surface area contributed by atoms with Gasteiger partial charge in [-0.1, -0.05) is 50.9 Å². The number of hydrogen-bond acceptors (Lipinski definition) is 5. The van der Waals surface area contributed by atoms with Crippen LogP contribution in [0.25, 0.3) is 0 Å². The number of imidazole rings is 1. The van der Waals surface area contributed by atoms with E-state index in [9.17, 15) is 5.11 Å². The zero-order valence-corrected chi connectivity index (χ0v) is 17.9. The smallest absolute Gasteiger partial charge is 0.210 e. The summed E-state index contributed by atoms with van der Waals surface area (Å²) >= 11 is 0. The van der Waals surface area contributed by atoms with Crippen molar-refractivity contribution in [1.82, 2.24) is 14.7 Å². The van der Waals surface area contributed by atoms with Crippen LogP contribution in [0.5, 0.6) is 0 Å². The Morgan fingerprint density at radius 2 is 1.79 bits per heavy atom. The van der Waals surface area contributed by atoms with Crippen LogP contribution in [0.1, 0.15) is 69.1 Å². The molecule has 0 bridgehead atoms. The van der Waals surface area contributed by atoms with Gasteiger partial charge in [0.15, 0.2) is 0 Å². The van der Waals surface area contributed by atoms with Gasteiger partial charge in [0.25, 0.3) is 0 Å². The van der Waals surface area contributed by atoms with Crippen LogP contribution in [-0.2, 0) is 13.0 Å². The van der Waals surface area contributed by atoms with Crippen molar-refractivity contribution in [2.24, 2.45) is 0 Å². The fourth-order valence-corrected chi connectivity index (χ4v) is 2.46. The quantitative estimate of drug-likeness (QED) is 0.637. The van der Waals surface area contributed by atoms with Crippen molar-refractivity contribution in [3.05, 3.63) is 71.1 Å². The first-order chi connectivity index (χ1) is 14.2. The first-order valence-corrected chi connectivity index (χ1v) is 10.0. The van der Waals surface area contributed by atoms with Crippen LogP contribution in [0.4, 0.5) is 0 Å². The second kappa shape index (κ2) is 13.3. The monoisotopic (exact) mass is 397 g/mol. The second-order valence-electron chi connectivity index (χ2n) is 5.69. The fraction of sp³-hybridized carbons (Fsp3) is 0.391. The molecular weight excluding hydrogens is 366 g/mol. The molecule has 0 radical (unpaired) electrons. The molecule has 1 atom stereocenters. The Labute approximate surface area is 173 Å². The number of hydrogen-bond donors (Lipinski definition) is 2. The lowest BCUT2D eigenvalue weighted by Gasteiger charge is -2.07. The van der Waals surface area contributed by atoms with Gasteiger partial charge in [-0.2, -0.15) is 0 Å². The summed E-state index contributed by atoms with van der Waals surface area (Å²) in [6.07, 6.45) is 3.43. The molecule has 1 aromatic carbocycles. The molecule has 2 N–H and O–H groups in total. The van der Waals surface area contributed by atoms with Crippen LogP contribution in [0.2, 0.25) is 0 Å². The summed E-state index contributed by atoms with van der Waals surface area (Å²) in [5.74, 6) is 7.04. The van der Waals surface area contributed by atoms with Crippen LogP contribution < -0.4 is 0 Å². The third-order valence-electron chi connectivity index (χ3n) is 3.70. The van der Waals surface area contributed by atoms with Gasteiger partial charge in [-0.15, -0.1) is 0 Å². The molecule has 3 rings (SSSR count). The third kappa shape index (κ3) is 7.57. The molecule has 0 aliphatic heterocycles. The van der Waals surface area contributed by atoms with Crippen LogP contribution in [0.15, 0.2) is 47.2 Å². The van der Waals surface area contributed by atoms with Crippen molar-refractivity contribution in [1.29, 1.82) is 0 Å². The minimum Gasteiger partial charge on any atom is -0.396 e. The summed E-state index contributed by atoms with van der Waals surface area (Å²) in [5, 5.41) is 22.6. The number of rotatable bonds is 5. The molecule has 156 valence electrons. The average Bonchev–Trinajstić information content (AvgIpc) is 3.41. The van der Waals surface area contributed by atoms with Gasteiger partial charge in [0.05, 0.1) is 6.54 Å². The van der Waals surface area contributed by atoms with Gasteiger partial charge < -0.3 is 19.3 Å². The normalized spacial score (nSPS) is 10.6. The van der Waals surface area contributed by atoms with Crippen molar-refractivity contribution in [3.63, 3.8) is 0 Å². The number of aliphatic hydroxyl groups is 2. The Kier molecular flexibility index (Phi) is 11.1. The Bertz CT molecular complexity index is 884. The topological polar surface area (TPSA) is 84.3 Å². The third-order valence-corrected chi connectivity index (χ3v) is 3.70. The highest BCUT2D eigenvalue weighted by atomic mass is 16.5. The molecule has 0 spiro atoms. The molecular formula is C23H31N3O3. The number of aromatic nitrogens is 3. The Morgan fingerprint density at radius 1 is 1.10 bits per heavy atom. The molecule has 3 aromatic rings. The lowest BCUT2D eigenvalue weighted by molar-refractivity contribution is 0.184. The van der Waals surface area contributed by atoms with E-state index in [0.717, 1.165) is 11.1 Å². The van der Waals surface area contributed by atoms with E-state index in [4.69, 9.17) is 9.63 Å². The average molecular weight is 398 g/mol. The van der Waals surface area contributed by atoms with Crippen molar-refractivity contribution < 1.29 is 14.7 Å². The second-order valence-corrected chi connectivity index (χ2v) is 5.69. The predicted molar refractivity (Wildman–Crippen MR) is 114 cm³/mol. The lowest BCUT2D eigenvalue weighted by Crippen LogP contribution is -2.07. The van der Waals surface area contributed by atoms with Gasteiger partial charge in [-0.3, -0.25) is 0 Å². The standard InChI is InChI=1S/C19H19N3O3.2C2H6/c1-14(24)19-20-9-10-22(19)13-17-12-18(25-21-17)7-6-15-2-4-16(5-3-15)8-11-23;2*1-2/h2-5,9-10,12,14,23-24H,8,11,13H2,1H3;2*1-2H3. The molecule has 0 amide bonds. The molecule has 0 aliphatic carbocycles. The van der Waals surface area contributed by atoms with Gasteiger partial charge in [-0.25, -0.2) is 4.98 Å². The summed E-state index contributed by atoms with van der Waals surface area (Å²) in [5.41, 5.74) is 2.65. The molecule has 0 saturated carbocycles. The van der Waals surface area contributed by atoms with E-state index in [1.165, 1.54) is 0 Å². The number of benzene rings is 1. The van der Waals surface area contributed by atoms with Crippen molar-refractivity contribution >= 4 is 0 Å². The van der Waals surface area contributed by atoms with Crippen molar-refractivity contribution in [2.75, 3.05) is 6.61 Å². The molecule has 6 nitrogen and oxygen atoms in total. The van der Waals surface area contributed by atoms with E-state index < -0.39 is 6.10 Å². The SMILES string of the molecule is CC.CC.CC(O)c1nccn1Cc1cc(C#Cc2ccc(CCO)cc2)on1. The first kappa shape index (κ1) is 24.2. The van der Waals surface area contributed by atoms with Gasteiger partial charge >= 0.3 is 0 Å². The first-order valence-electron chi connectivity index (χ1n) is 10.0. The Morgan fingerprint density at radius 3 is 2.41 bits per heavy atom. The van der Waals surface area contributed by atoms with Gasteiger partial charge in [-0.05, 0) is 37.0 Å². The van der Waals surface area contributed by atoms with E-state index in [2.05, 4.69) is 22.0 Å². The molecule has 0 fully saturated rings. The summed E-state index contributed by atoms with van der Waals surface area (Å²) in [6, 6.07) is 9.50. The number of aliphatic hydroxyl groups excluding tert-OH is 2. The van der Waals surface area contributed by atoms with Crippen LogP contribution in [0, 0.1) is 11.8 Å². The summed E-state index contributed by atoms with van der Waals surface area (Å²) in [7, 11) is 0. The summed E-state index contributed by atoms with van der Waals surface area (Å²) in [6.45, 7) is 10.3. The maximum Gasteiger partial charge on any atom is 0.210 e. The predicted octanol–water partition coefficient (Wildman–Crippen LogP) is 3.96. The summed E-state index contributed by atoms with van der Waals surface area (Å²) in [4.78, 5) is 4.13. The van der Waals surface area contributed by atoms with Crippen molar-refractivity contribution in [3.8, 4) is 11.8 Å². The highest BCUT2D eigenvalue weighted by molar-refractivity contribution is 5.40. The molecule has 6 heteroatoms. The van der Waals surface area contributed by atoms with E-state index in [1.807, 2.05) is 56.5 Å². The molecule has 29 heavy (non-hydrogen) atoms. The van der Waals surface area contributed by atoms with Crippen LogP contribution in [0.3, 0.4) is 0 Å². The minimum absolute atomic E-state index is 0.138. The maximum atomic E-state index is 9.68. The maximum absolute atomic E-state index is 9.68. The molecule has 2 aromatic heterocycles. The zero-order valence-electron chi connectivity index (χ0n) is 17.9. The molecule has 1 unspecified atom stereocenters. The molecule has 2 heterocycles. The molecule has 0 saturated heterocycles.